The molecule has 0 saturated carbocycles. The zero-order valence-corrected chi connectivity index (χ0v) is 12.1. The molecule has 98 valence electrons. The van der Waals surface area contributed by atoms with Crippen LogP contribution in [0, 0.1) is 17.2 Å². The predicted molar refractivity (Wildman–Crippen MR) is 76.4 cm³/mol. The van der Waals surface area contributed by atoms with Gasteiger partial charge in [-0.15, -0.1) is 0 Å². The van der Waals surface area contributed by atoms with Gasteiger partial charge in [-0.1, -0.05) is 45.0 Å². The Labute approximate surface area is 111 Å². The van der Waals surface area contributed by atoms with Crippen LogP contribution in [0.5, 0.6) is 0 Å². The standard InChI is InChI=1S/C16H24N2/c1-6-13(11-17)16(18(4)5)15-9-7-14(8-10-15)12(2)3/h7-10,12-13,16H,6H2,1-5H3. The van der Waals surface area contributed by atoms with Crippen LogP contribution in [0.25, 0.3) is 0 Å². The van der Waals surface area contributed by atoms with Crippen LogP contribution in [0.2, 0.25) is 0 Å². The Kier molecular flexibility index (Phi) is 5.37. The molecule has 18 heavy (non-hydrogen) atoms. The minimum atomic E-state index is 0.0462. The van der Waals surface area contributed by atoms with Crippen LogP contribution in [-0.2, 0) is 0 Å². The smallest absolute Gasteiger partial charge is 0.0675 e. The molecule has 1 aromatic carbocycles. The van der Waals surface area contributed by atoms with E-state index in [1.54, 1.807) is 0 Å². The van der Waals surface area contributed by atoms with Gasteiger partial charge in [0.25, 0.3) is 0 Å². The van der Waals surface area contributed by atoms with Crippen LogP contribution in [0.1, 0.15) is 50.3 Å². The van der Waals surface area contributed by atoms with Crippen molar-refractivity contribution < 1.29 is 0 Å². The molecule has 2 heteroatoms. The number of nitrogens with zero attached hydrogens (tertiary/aromatic N) is 2. The molecular formula is C16H24N2. The van der Waals surface area contributed by atoms with E-state index in [2.05, 4.69) is 56.0 Å². The lowest BCUT2D eigenvalue weighted by Gasteiger charge is -2.28. The minimum Gasteiger partial charge on any atom is -0.301 e. The first-order chi connectivity index (χ1) is 8.51. The summed E-state index contributed by atoms with van der Waals surface area (Å²) in [6.45, 7) is 6.47. The maximum atomic E-state index is 9.27. The molecule has 0 N–H and O–H groups in total. The summed E-state index contributed by atoms with van der Waals surface area (Å²) in [6, 6.07) is 11.3. The van der Waals surface area contributed by atoms with E-state index in [1.165, 1.54) is 11.1 Å². The summed E-state index contributed by atoms with van der Waals surface area (Å²) in [5.74, 6) is 0.597. The van der Waals surface area contributed by atoms with Gasteiger partial charge in [0.1, 0.15) is 0 Å². The Morgan fingerprint density at radius 3 is 1.94 bits per heavy atom. The van der Waals surface area contributed by atoms with Crippen LogP contribution >= 0.6 is 0 Å². The summed E-state index contributed by atoms with van der Waals surface area (Å²) < 4.78 is 0. The first-order valence-electron chi connectivity index (χ1n) is 6.67. The molecule has 2 atom stereocenters. The Balaban J connectivity index is 3.04. The van der Waals surface area contributed by atoms with Gasteiger partial charge in [0, 0.05) is 0 Å². The normalized spacial score (nSPS) is 14.6. The van der Waals surface area contributed by atoms with Gasteiger partial charge in [-0.3, -0.25) is 0 Å². The van der Waals surface area contributed by atoms with Crippen LogP contribution < -0.4 is 0 Å². The molecular weight excluding hydrogens is 220 g/mol. The maximum absolute atomic E-state index is 9.27. The van der Waals surface area contributed by atoms with Crippen molar-refractivity contribution in [3.8, 4) is 6.07 Å². The van der Waals surface area contributed by atoms with Gasteiger partial charge in [-0.2, -0.15) is 5.26 Å². The van der Waals surface area contributed by atoms with Crippen LogP contribution in [-0.4, -0.2) is 19.0 Å². The Hall–Kier alpha value is -1.33. The van der Waals surface area contributed by atoms with E-state index in [0.29, 0.717) is 5.92 Å². The molecule has 0 radical (unpaired) electrons. The molecule has 1 aromatic rings. The molecule has 1 rings (SSSR count). The molecule has 2 nitrogen and oxygen atoms in total. The third-order valence-electron chi connectivity index (χ3n) is 3.49. The van der Waals surface area contributed by atoms with Crippen molar-refractivity contribution in [3.05, 3.63) is 35.4 Å². The summed E-state index contributed by atoms with van der Waals surface area (Å²) in [4.78, 5) is 2.14. The summed E-state index contributed by atoms with van der Waals surface area (Å²) in [6.07, 6.45) is 0.880. The summed E-state index contributed by atoms with van der Waals surface area (Å²) in [5.41, 5.74) is 2.58. The van der Waals surface area contributed by atoms with Crippen molar-refractivity contribution in [2.24, 2.45) is 5.92 Å². The predicted octanol–water partition coefficient (Wildman–Crippen LogP) is 3.96. The first-order valence-corrected chi connectivity index (χ1v) is 6.67. The fraction of sp³-hybridized carbons (Fsp3) is 0.562. The van der Waals surface area contributed by atoms with Gasteiger partial charge in [-0.05, 0) is 37.6 Å². The van der Waals surface area contributed by atoms with Crippen molar-refractivity contribution in [3.63, 3.8) is 0 Å². The number of nitriles is 1. The van der Waals surface area contributed by atoms with Crippen LogP contribution in [0.4, 0.5) is 0 Å². The topological polar surface area (TPSA) is 27.0 Å². The highest BCUT2D eigenvalue weighted by Gasteiger charge is 2.23. The molecule has 0 aliphatic rings. The number of benzene rings is 1. The highest BCUT2D eigenvalue weighted by Crippen LogP contribution is 2.29. The lowest BCUT2D eigenvalue weighted by atomic mass is 9.90. The number of hydrogen-bond donors (Lipinski definition) is 0. The van der Waals surface area contributed by atoms with E-state index in [-0.39, 0.29) is 12.0 Å². The molecule has 0 bridgehead atoms. The third kappa shape index (κ3) is 3.34. The second-order valence-electron chi connectivity index (χ2n) is 5.37. The molecule has 0 spiro atoms. The molecule has 0 aliphatic heterocycles. The zero-order valence-electron chi connectivity index (χ0n) is 12.1. The third-order valence-corrected chi connectivity index (χ3v) is 3.49. The average Bonchev–Trinajstić information content (AvgIpc) is 2.35. The van der Waals surface area contributed by atoms with E-state index in [1.807, 2.05) is 14.1 Å². The number of hydrogen-bond acceptors (Lipinski definition) is 2. The molecule has 2 unspecified atom stereocenters. The summed E-state index contributed by atoms with van der Waals surface area (Å²) in [5, 5.41) is 9.27. The maximum Gasteiger partial charge on any atom is 0.0675 e. The van der Waals surface area contributed by atoms with Crippen molar-refractivity contribution in [1.82, 2.24) is 4.90 Å². The Morgan fingerprint density at radius 2 is 1.61 bits per heavy atom. The Bertz CT molecular complexity index is 398. The fourth-order valence-electron chi connectivity index (χ4n) is 2.35. The molecule has 0 aliphatic carbocycles. The summed E-state index contributed by atoms with van der Waals surface area (Å²) in [7, 11) is 4.09. The molecule has 0 amide bonds. The van der Waals surface area contributed by atoms with Crippen LogP contribution in [0.3, 0.4) is 0 Å². The van der Waals surface area contributed by atoms with Crippen molar-refractivity contribution >= 4 is 0 Å². The van der Waals surface area contributed by atoms with Crippen molar-refractivity contribution in [2.45, 2.75) is 39.2 Å². The van der Waals surface area contributed by atoms with E-state index in [0.717, 1.165) is 6.42 Å². The van der Waals surface area contributed by atoms with Crippen LogP contribution in [0.15, 0.2) is 24.3 Å². The monoisotopic (exact) mass is 244 g/mol. The first kappa shape index (κ1) is 14.7. The van der Waals surface area contributed by atoms with E-state index < -0.39 is 0 Å². The second kappa shape index (κ2) is 6.56. The average molecular weight is 244 g/mol. The van der Waals surface area contributed by atoms with Crippen molar-refractivity contribution in [1.29, 1.82) is 5.26 Å². The quantitative estimate of drug-likeness (QED) is 0.784. The van der Waals surface area contributed by atoms with E-state index >= 15 is 0 Å². The van der Waals surface area contributed by atoms with Crippen molar-refractivity contribution in [2.75, 3.05) is 14.1 Å². The zero-order chi connectivity index (χ0) is 13.7. The number of rotatable bonds is 5. The highest BCUT2D eigenvalue weighted by atomic mass is 15.1. The summed E-state index contributed by atoms with van der Waals surface area (Å²) >= 11 is 0. The lowest BCUT2D eigenvalue weighted by Crippen LogP contribution is -2.26. The Morgan fingerprint density at radius 1 is 1.11 bits per heavy atom. The van der Waals surface area contributed by atoms with Gasteiger partial charge in [0.15, 0.2) is 0 Å². The van der Waals surface area contributed by atoms with E-state index in [9.17, 15) is 5.26 Å². The largest absolute Gasteiger partial charge is 0.301 e. The highest BCUT2D eigenvalue weighted by molar-refractivity contribution is 5.28. The second-order valence-corrected chi connectivity index (χ2v) is 5.37. The van der Waals surface area contributed by atoms with Gasteiger partial charge in [-0.25, -0.2) is 0 Å². The van der Waals surface area contributed by atoms with Gasteiger partial charge >= 0.3 is 0 Å². The lowest BCUT2D eigenvalue weighted by molar-refractivity contribution is 0.241. The van der Waals surface area contributed by atoms with Gasteiger partial charge in [0.2, 0.25) is 0 Å². The molecule has 0 saturated heterocycles. The SMILES string of the molecule is CCC(C#N)C(c1ccc(C(C)C)cc1)N(C)C. The van der Waals surface area contributed by atoms with E-state index in [4.69, 9.17) is 0 Å². The molecule has 0 aromatic heterocycles. The van der Waals surface area contributed by atoms with Gasteiger partial charge < -0.3 is 4.90 Å². The fourth-order valence-corrected chi connectivity index (χ4v) is 2.35. The minimum absolute atomic E-state index is 0.0462. The van der Waals surface area contributed by atoms with Gasteiger partial charge in [0.05, 0.1) is 18.0 Å². The molecule has 0 fully saturated rings. The molecule has 0 heterocycles.